The minimum atomic E-state index is -1.96. The molecule has 0 aromatic rings. The standard InChI is InChI=1S/C12H24N2O6/c1-3-5-13-11(19)9(17)7(15)8(16)10(18)12(20)14-6-4-2/h7-10,15-18H,3-6H2,1-2H3,(H,13,19)(H,14,20)/t7-,8+,9+,10-. The molecule has 0 aliphatic carbocycles. The van der Waals surface area contributed by atoms with E-state index in [1.54, 1.807) is 13.8 Å². The van der Waals surface area contributed by atoms with Crippen LogP contribution >= 0.6 is 0 Å². The summed E-state index contributed by atoms with van der Waals surface area (Å²) in [5.74, 6) is -1.75. The highest BCUT2D eigenvalue weighted by molar-refractivity contribution is 5.83. The number of carbonyl (C=O) groups is 2. The Bertz CT molecular complexity index is 282. The summed E-state index contributed by atoms with van der Waals surface area (Å²) in [4.78, 5) is 22.8. The highest BCUT2D eigenvalue weighted by Gasteiger charge is 2.37. The van der Waals surface area contributed by atoms with Gasteiger partial charge in [0, 0.05) is 13.1 Å². The Morgan fingerprint density at radius 2 is 1.10 bits per heavy atom. The molecule has 0 unspecified atom stereocenters. The van der Waals surface area contributed by atoms with Gasteiger partial charge in [0.1, 0.15) is 12.2 Å². The minimum Gasteiger partial charge on any atom is -0.387 e. The van der Waals surface area contributed by atoms with Gasteiger partial charge in [-0.3, -0.25) is 9.59 Å². The van der Waals surface area contributed by atoms with E-state index >= 15 is 0 Å². The van der Waals surface area contributed by atoms with E-state index in [0.29, 0.717) is 25.9 Å². The molecule has 20 heavy (non-hydrogen) atoms. The molecule has 2 amide bonds. The van der Waals surface area contributed by atoms with Gasteiger partial charge in [-0.15, -0.1) is 0 Å². The lowest BCUT2D eigenvalue weighted by Crippen LogP contribution is -2.54. The summed E-state index contributed by atoms with van der Waals surface area (Å²) in [6, 6.07) is 0. The van der Waals surface area contributed by atoms with Gasteiger partial charge in [-0.05, 0) is 12.8 Å². The Hall–Kier alpha value is -1.22. The lowest BCUT2D eigenvalue weighted by atomic mass is 10.0. The van der Waals surface area contributed by atoms with Gasteiger partial charge in [-0.25, -0.2) is 0 Å². The summed E-state index contributed by atoms with van der Waals surface area (Å²) in [5, 5.41) is 42.9. The van der Waals surface area contributed by atoms with Crippen molar-refractivity contribution in [1.29, 1.82) is 0 Å². The molecule has 0 saturated carbocycles. The topological polar surface area (TPSA) is 139 Å². The molecule has 0 aliphatic heterocycles. The van der Waals surface area contributed by atoms with E-state index in [-0.39, 0.29) is 0 Å². The molecule has 118 valence electrons. The Morgan fingerprint density at radius 1 is 0.800 bits per heavy atom. The van der Waals surface area contributed by atoms with Crippen LogP contribution in [0.15, 0.2) is 0 Å². The molecule has 0 heterocycles. The number of carbonyl (C=O) groups excluding carboxylic acids is 2. The van der Waals surface area contributed by atoms with Gasteiger partial charge in [-0.2, -0.15) is 0 Å². The quantitative estimate of drug-likeness (QED) is 0.277. The summed E-state index contributed by atoms with van der Waals surface area (Å²) in [6.07, 6.45) is -6.50. The van der Waals surface area contributed by atoms with Crippen LogP contribution in [0.1, 0.15) is 26.7 Å². The zero-order valence-electron chi connectivity index (χ0n) is 11.7. The highest BCUT2D eigenvalue weighted by Crippen LogP contribution is 2.06. The number of aliphatic hydroxyl groups excluding tert-OH is 4. The SMILES string of the molecule is CCCNC(=O)[C@@H](O)[C@H](O)[C@H](O)[C@@H](O)C(=O)NCCC. The van der Waals surface area contributed by atoms with Crippen LogP contribution in [0.4, 0.5) is 0 Å². The van der Waals surface area contributed by atoms with Crippen LogP contribution in [-0.4, -0.2) is 69.7 Å². The molecule has 0 rings (SSSR count). The third-order valence-electron chi connectivity index (χ3n) is 2.63. The van der Waals surface area contributed by atoms with E-state index in [1.807, 2.05) is 0 Å². The first-order chi connectivity index (χ1) is 9.36. The lowest BCUT2D eigenvalue weighted by Gasteiger charge is -2.25. The van der Waals surface area contributed by atoms with Crippen molar-refractivity contribution in [3.63, 3.8) is 0 Å². The predicted octanol–water partition coefficient (Wildman–Crippen LogP) is -2.52. The molecule has 0 fully saturated rings. The number of rotatable bonds is 9. The summed E-state index contributed by atoms with van der Waals surface area (Å²) in [5.41, 5.74) is 0. The Labute approximate surface area is 117 Å². The monoisotopic (exact) mass is 292 g/mol. The van der Waals surface area contributed by atoms with Crippen LogP contribution in [0.25, 0.3) is 0 Å². The molecule has 0 radical (unpaired) electrons. The molecule has 8 heteroatoms. The number of hydrogen-bond donors (Lipinski definition) is 6. The number of nitrogens with one attached hydrogen (secondary N) is 2. The number of amides is 2. The molecular weight excluding hydrogens is 268 g/mol. The molecule has 0 aromatic heterocycles. The van der Waals surface area contributed by atoms with Crippen molar-refractivity contribution in [2.24, 2.45) is 0 Å². The second-order valence-electron chi connectivity index (χ2n) is 4.45. The average molecular weight is 292 g/mol. The zero-order valence-corrected chi connectivity index (χ0v) is 11.7. The van der Waals surface area contributed by atoms with E-state index in [4.69, 9.17) is 0 Å². The molecular formula is C12H24N2O6. The van der Waals surface area contributed by atoms with Gasteiger partial charge < -0.3 is 31.1 Å². The Morgan fingerprint density at radius 3 is 1.35 bits per heavy atom. The predicted molar refractivity (Wildman–Crippen MR) is 70.6 cm³/mol. The van der Waals surface area contributed by atoms with E-state index in [0.717, 1.165) is 0 Å². The van der Waals surface area contributed by atoms with Gasteiger partial charge in [0.05, 0.1) is 0 Å². The molecule has 0 aromatic carbocycles. The van der Waals surface area contributed by atoms with Crippen molar-refractivity contribution in [1.82, 2.24) is 10.6 Å². The van der Waals surface area contributed by atoms with Crippen LogP contribution in [0.3, 0.4) is 0 Å². The molecule has 0 spiro atoms. The van der Waals surface area contributed by atoms with Crippen LogP contribution in [0.5, 0.6) is 0 Å². The largest absolute Gasteiger partial charge is 0.387 e. The van der Waals surface area contributed by atoms with Gasteiger partial charge >= 0.3 is 0 Å². The van der Waals surface area contributed by atoms with E-state index in [9.17, 15) is 30.0 Å². The van der Waals surface area contributed by atoms with Crippen molar-refractivity contribution < 1.29 is 30.0 Å². The Balaban J connectivity index is 4.46. The first kappa shape index (κ1) is 18.8. The van der Waals surface area contributed by atoms with Crippen molar-refractivity contribution >= 4 is 11.8 Å². The highest BCUT2D eigenvalue weighted by atomic mass is 16.4. The first-order valence-corrected chi connectivity index (χ1v) is 6.64. The summed E-state index contributed by atoms with van der Waals surface area (Å²) in [7, 11) is 0. The maximum Gasteiger partial charge on any atom is 0.251 e. The fraction of sp³-hybridized carbons (Fsp3) is 0.833. The molecule has 0 aliphatic rings. The van der Waals surface area contributed by atoms with Crippen LogP contribution < -0.4 is 10.6 Å². The fourth-order valence-electron chi connectivity index (χ4n) is 1.39. The minimum absolute atomic E-state index is 0.304. The van der Waals surface area contributed by atoms with Crippen LogP contribution in [-0.2, 0) is 9.59 Å². The average Bonchev–Trinajstić information content (AvgIpc) is 2.46. The third kappa shape index (κ3) is 5.83. The molecule has 4 atom stereocenters. The Kier molecular flexibility index (Phi) is 9.06. The summed E-state index contributed by atoms with van der Waals surface area (Å²) in [6.45, 7) is 4.22. The number of hydrogen-bond acceptors (Lipinski definition) is 6. The maximum atomic E-state index is 11.4. The second-order valence-corrected chi connectivity index (χ2v) is 4.45. The zero-order chi connectivity index (χ0) is 15.7. The third-order valence-corrected chi connectivity index (χ3v) is 2.63. The van der Waals surface area contributed by atoms with E-state index in [2.05, 4.69) is 10.6 Å². The maximum absolute atomic E-state index is 11.4. The van der Waals surface area contributed by atoms with Crippen molar-refractivity contribution in [2.75, 3.05) is 13.1 Å². The van der Waals surface area contributed by atoms with Gasteiger partial charge in [0.2, 0.25) is 0 Å². The number of aliphatic hydroxyl groups is 4. The van der Waals surface area contributed by atoms with Gasteiger partial charge in [-0.1, -0.05) is 13.8 Å². The van der Waals surface area contributed by atoms with E-state index < -0.39 is 36.2 Å². The molecule has 6 N–H and O–H groups in total. The normalized spacial score (nSPS) is 16.9. The van der Waals surface area contributed by atoms with E-state index in [1.165, 1.54) is 0 Å². The summed E-state index contributed by atoms with van der Waals surface area (Å²) < 4.78 is 0. The van der Waals surface area contributed by atoms with Crippen molar-refractivity contribution in [3.8, 4) is 0 Å². The van der Waals surface area contributed by atoms with Crippen LogP contribution in [0.2, 0.25) is 0 Å². The summed E-state index contributed by atoms with van der Waals surface area (Å²) >= 11 is 0. The van der Waals surface area contributed by atoms with Crippen molar-refractivity contribution in [2.45, 2.75) is 51.1 Å². The second kappa shape index (κ2) is 9.65. The lowest BCUT2D eigenvalue weighted by molar-refractivity contribution is -0.155. The molecule has 0 saturated heterocycles. The van der Waals surface area contributed by atoms with Crippen molar-refractivity contribution in [3.05, 3.63) is 0 Å². The fourth-order valence-corrected chi connectivity index (χ4v) is 1.39. The smallest absolute Gasteiger partial charge is 0.251 e. The van der Waals surface area contributed by atoms with Gasteiger partial charge in [0.25, 0.3) is 11.8 Å². The van der Waals surface area contributed by atoms with Gasteiger partial charge in [0.15, 0.2) is 12.2 Å². The molecule has 8 nitrogen and oxygen atoms in total. The molecule has 0 bridgehead atoms. The van der Waals surface area contributed by atoms with Crippen LogP contribution in [0, 0.1) is 0 Å². The first-order valence-electron chi connectivity index (χ1n) is 6.64.